The molecule has 0 saturated carbocycles. The number of amides is 1. The van der Waals surface area contributed by atoms with E-state index in [4.69, 9.17) is 24.9 Å². The van der Waals surface area contributed by atoms with Crippen molar-refractivity contribution in [3.63, 3.8) is 0 Å². The molecule has 1 amide bonds. The van der Waals surface area contributed by atoms with Crippen molar-refractivity contribution in [2.75, 3.05) is 33.3 Å². The van der Waals surface area contributed by atoms with Crippen LogP contribution in [0.4, 0.5) is 5.69 Å². The molecule has 8 nitrogen and oxygen atoms in total. The van der Waals surface area contributed by atoms with E-state index in [1.165, 1.54) is 12.0 Å². The third-order valence-electron chi connectivity index (χ3n) is 5.45. The first kappa shape index (κ1) is 25.3. The van der Waals surface area contributed by atoms with Crippen molar-refractivity contribution in [2.24, 2.45) is 10.7 Å². The van der Waals surface area contributed by atoms with Gasteiger partial charge in [-0.2, -0.15) is 0 Å². The van der Waals surface area contributed by atoms with E-state index in [1.54, 1.807) is 51.6 Å². The number of methoxy groups -OCH3 is 3. The van der Waals surface area contributed by atoms with E-state index >= 15 is 0 Å². The number of nitrogens with zero attached hydrogens (tertiary/aromatic N) is 2. The average molecular weight is 476 g/mol. The van der Waals surface area contributed by atoms with Crippen LogP contribution in [0.3, 0.4) is 0 Å². The molecule has 0 unspecified atom stereocenters. The smallest absolute Gasteiger partial charge is 0.337 e. The maximum Gasteiger partial charge on any atom is 0.337 e. The van der Waals surface area contributed by atoms with Gasteiger partial charge in [-0.05, 0) is 67.5 Å². The fraction of sp³-hybridized carbons (Fsp3) is 0.222. The highest BCUT2D eigenvalue weighted by molar-refractivity contribution is 6.10. The summed E-state index contributed by atoms with van der Waals surface area (Å²) in [6, 6.07) is 12.1. The number of benzene rings is 2. The topological polar surface area (TPSA) is 103 Å². The molecule has 1 aliphatic heterocycles. The number of ether oxygens (including phenoxy) is 3. The molecule has 8 heteroatoms. The lowest BCUT2D eigenvalue weighted by Crippen LogP contribution is -2.31. The molecule has 0 fully saturated rings. The van der Waals surface area contributed by atoms with E-state index in [0.717, 1.165) is 12.0 Å². The number of nitrogens with two attached hydrogens (primary N) is 1. The van der Waals surface area contributed by atoms with Crippen molar-refractivity contribution in [3.8, 4) is 11.5 Å². The Kier molecular flexibility index (Phi) is 8.45. The number of esters is 1. The van der Waals surface area contributed by atoms with E-state index in [1.807, 2.05) is 36.4 Å². The van der Waals surface area contributed by atoms with Gasteiger partial charge in [-0.25, -0.2) is 4.79 Å². The second-order valence-corrected chi connectivity index (χ2v) is 7.69. The highest BCUT2D eigenvalue weighted by Gasteiger charge is 2.16. The molecule has 2 aromatic carbocycles. The molecule has 0 saturated heterocycles. The first-order valence-electron chi connectivity index (χ1n) is 11.0. The number of likely N-dealkylation sites (N-methyl/N-ethyl adjacent to an activating group) is 1. The Hall–Kier alpha value is -4.33. The van der Waals surface area contributed by atoms with Crippen LogP contribution < -0.4 is 20.1 Å². The molecule has 0 bridgehead atoms. The molecular weight excluding hydrogens is 446 g/mol. The first-order valence-corrected chi connectivity index (χ1v) is 11.0. The van der Waals surface area contributed by atoms with E-state index in [-0.39, 0.29) is 11.6 Å². The zero-order chi connectivity index (χ0) is 25.4. The van der Waals surface area contributed by atoms with Gasteiger partial charge in [-0.1, -0.05) is 12.2 Å². The number of aliphatic imine (C=N–C) groups is 1. The van der Waals surface area contributed by atoms with Crippen LogP contribution in [-0.2, 0) is 9.53 Å². The summed E-state index contributed by atoms with van der Waals surface area (Å²) in [5.74, 6) is 0.394. The molecule has 2 aromatic rings. The summed E-state index contributed by atoms with van der Waals surface area (Å²) in [6.45, 7) is 0. The van der Waals surface area contributed by atoms with Gasteiger partial charge in [0.2, 0.25) is 0 Å². The predicted molar refractivity (Wildman–Crippen MR) is 137 cm³/mol. The third-order valence-corrected chi connectivity index (χ3v) is 5.45. The van der Waals surface area contributed by atoms with Crippen LogP contribution in [0, 0.1) is 0 Å². The third kappa shape index (κ3) is 6.17. The van der Waals surface area contributed by atoms with Gasteiger partial charge in [-0.3, -0.25) is 9.79 Å². The maximum absolute atomic E-state index is 13.0. The van der Waals surface area contributed by atoms with Gasteiger partial charge in [0.1, 0.15) is 0 Å². The van der Waals surface area contributed by atoms with Crippen LogP contribution in [0.15, 0.2) is 77.5 Å². The zero-order valence-corrected chi connectivity index (χ0v) is 20.3. The average Bonchev–Trinajstić information content (AvgIpc) is 2.88. The number of rotatable bonds is 7. The Labute approximate surface area is 205 Å². The molecule has 2 N–H and O–H groups in total. The molecule has 3 rings (SSSR count). The number of carbonyl (C=O) groups excluding carboxylic acids is 2. The molecular formula is C27H29N3O5. The van der Waals surface area contributed by atoms with E-state index in [0.29, 0.717) is 40.6 Å². The van der Waals surface area contributed by atoms with Gasteiger partial charge < -0.3 is 24.8 Å². The largest absolute Gasteiger partial charge is 0.493 e. The molecule has 0 radical (unpaired) electrons. The molecule has 0 spiro atoms. The van der Waals surface area contributed by atoms with Crippen molar-refractivity contribution in [1.82, 2.24) is 0 Å². The summed E-state index contributed by atoms with van der Waals surface area (Å²) in [6.07, 6.45) is 8.88. The Bertz CT molecular complexity index is 1210. The summed E-state index contributed by atoms with van der Waals surface area (Å²) < 4.78 is 15.4. The molecule has 0 aromatic heterocycles. The van der Waals surface area contributed by atoms with Gasteiger partial charge in [0.25, 0.3) is 5.91 Å². The normalized spacial score (nSPS) is 16.1. The van der Waals surface area contributed by atoms with Crippen molar-refractivity contribution in [3.05, 3.63) is 83.6 Å². The van der Waals surface area contributed by atoms with Crippen LogP contribution in [0.2, 0.25) is 0 Å². The fourth-order valence-corrected chi connectivity index (χ4v) is 3.49. The van der Waals surface area contributed by atoms with E-state index in [2.05, 4.69) is 0 Å². The summed E-state index contributed by atoms with van der Waals surface area (Å²) in [5.41, 5.74) is 9.45. The highest BCUT2D eigenvalue weighted by Crippen LogP contribution is 2.31. The number of carbonyl (C=O) groups is 2. The summed E-state index contributed by atoms with van der Waals surface area (Å²) in [4.78, 5) is 30.8. The van der Waals surface area contributed by atoms with Crippen LogP contribution in [0.1, 0.15) is 28.8 Å². The van der Waals surface area contributed by atoms with Gasteiger partial charge in [-0.15, -0.1) is 0 Å². The van der Waals surface area contributed by atoms with Crippen molar-refractivity contribution >= 4 is 29.0 Å². The summed E-state index contributed by atoms with van der Waals surface area (Å²) in [5, 5.41) is 0. The van der Waals surface area contributed by atoms with E-state index in [9.17, 15) is 9.59 Å². The maximum atomic E-state index is 13.0. The van der Waals surface area contributed by atoms with E-state index < -0.39 is 5.97 Å². The minimum Gasteiger partial charge on any atom is -0.493 e. The summed E-state index contributed by atoms with van der Waals surface area (Å²) in [7, 11) is 6.10. The molecule has 0 aliphatic carbocycles. The minimum absolute atomic E-state index is 0.0551. The van der Waals surface area contributed by atoms with Crippen LogP contribution in [0.5, 0.6) is 11.5 Å². The Morgan fingerprint density at radius 2 is 1.74 bits per heavy atom. The van der Waals surface area contributed by atoms with Crippen LogP contribution in [-0.4, -0.2) is 46.0 Å². The first-order chi connectivity index (χ1) is 16.9. The Morgan fingerprint density at radius 3 is 2.40 bits per heavy atom. The fourth-order valence-electron chi connectivity index (χ4n) is 3.49. The number of hydrogen-bond acceptors (Lipinski definition) is 7. The van der Waals surface area contributed by atoms with Gasteiger partial charge >= 0.3 is 5.97 Å². The van der Waals surface area contributed by atoms with Crippen molar-refractivity contribution < 1.29 is 23.8 Å². The lowest BCUT2D eigenvalue weighted by molar-refractivity contribution is -0.114. The molecule has 0 atom stereocenters. The van der Waals surface area contributed by atoms with Crippen LogP contribution >= 0.6 is 0 Å². The Balaban J connectivity index is 1.86. The number of hydrogen-bond donors (Lipinski definition) is 1. The lowest BCUT2D eigenvalue weighted by atomic mass is 10.1. The molecule has 1 heterocycles. The van der Waals surface area contributed by atoms with Crippen LogP contribution in [0.25, 0.3) is 5.70 Å². The lowest BCUT2D eigenvalue weighted by Gasteiger charge is -2.18. The number of allylic oxidation sites excluding steroid dienone is 4. The molecule has 1 aliphatic rings. The number of anilines is 1. The van der Waals surface area contributed by atoms with Gasteiger partial charge in [0.05, 0.1) is 38.3 Å². The highest BCUT2D eigenvalue weighted by atomic mass is 16.5. The van der Waals surface area contributed by atoms with Crippen molar-refractivity contribution in [2.45, 2.75) is 12.8 Å². The summed E-state index contributed by atoms with van der Waals surface area (Å²) >= 11 is 0. The van der Waals surface area contributed by atoms with Gasteiger partial charge in [0, 0.05) is 24.0 Å². The monoisotopic (exact) mass is 475 g/mol. The quantitative estimate of drug-likeness (QED) is 0.477. The molecule has 182 valence electrons. The van der Waals surface area contributed by atoms with Crippen molar-refractivity contribution in [1.29, 1.82) is 0 Å². The second kappa shape index (κ2) is 11.7. The Morgan fingerprint density at radius 1 is 1.03 bits per heavy atom. The zero-order valence-electron chi connectivity index (χ0n) is 20.3. The molecule has 35 heavy (non-hydrogen) atoms. The van der Waals surface area contributed by atoms with Gasteiger partial charge in [0.15, 0.2) is 11.5 Å². The standard InChI is InChI=1S/C27H29N3O5/c1-30(21-13-10-18(11-14-21)27(32)35-4)26(31)22(28)17-20-8-6-5-7-9-23(29-20)19-12-15-24(33-2)25(16-19)34-3/h5,7,9-17H,6,8,28H2,1-4H3/b7-5-,22-17?,23-9-,29-20?. The second-order valence-electron chi connectivity index (χ2n) is 7.69. The minimum atomic E-state index is -0.445. The SMILES string of the molecule is COC(=O)c1ccc(N(C)C(=O)C(N)=CC2=N/C(c3ccc(OC)c(OC)c3)=C\C=C/CC2)cc1. The predicted octanol–water partition coefficient (Wildman–Crippen LogP) is 4.13.